The van der Waals surface area contributed by atoms with Gasteiger partial charge >= 0.3 is 0 Å². The van der Waals surface area contributed by atoms with Crippen molar-refractivity contribution in [2.75, 3.05) is 0 Å². The maximum absolute atomic E-state index is 12.3. The SMILES string of the molecule is Cc1ccc(S(=O)(=O)NC(O)Cc2ccc3ccccc3c2)cc1. The van der Waals surface area contributed by atoms with Crippen molar-refractivity contribution in [2.24, 2.45) is 0 Å². The molecule has 0 aliphatic rings. The number of hydrogen-bond donors (Lipinski definition) is 2. The average Bonchev–Trinajstić information content (AvgIpc) is 2.54. The van der Waals surface area contributed by atoms with Crippen LogP contribution in [0.1, 0.15) is 11.1 Å². The van der Waals surface area contributed by atoms with Crippen LogP contribution in [0.3, 0.4) is 0 Å². The van der Waals surface area contributed by atoms with Crippen molar-refractivity contribution in [1.29, 1.82) is 0 Å². The Morgan fingerprint density at radius 3 is 2.33 bits per heavy atom. The first-order valence-corrected chi connectivity index (χ1v) is 9.17. The quantitative estimate of drug-likeness (QED) is 0.701. The van der Waals surface area contributed by atoms with E-state index in [-0.39, 0.29) is 11.3 Å². The molecule has 0 radical (unpaired) electrons. The molecule has 0 aromatic heterocycles. The number of nitrogens with one attached hydrogen (secondary N) is 1. The summed E-state index contributed by atoms with van der Waals surface area (Å²) in [5.41, 5.74) is 1.85. The van der Waals surface area contributed by atoms with E-state index in [0.29, 0.717) is 0 Å². The number of hydrogen-bond acceptors (Lipinski definition) is 3. The number of benzene rings is 3. The van der Waals surface area contributed by atoms with Crippen LogP contribution in [0.25, 0.3) is 10.8 Å². The van der Waals surface area contributed by atoms with Crippen molar-refractivity contribution in [2.45, 2.75) is 24.5 Å². The second-order valence-electron chi connectivity index (χ2n) is 5.84. The van der Waals surface area contributed by atoms with Crippen LogP contribution in [-0.2, 0) is 16.4 Å². The fourth-order valence-corrected chi connectivity index (χ4v) is 3.67. The molecule has 0 aliphatic heterocycles. The molecule has 0 heterocycles. The molecule has 24 heavy (non-hydrogen) atoms. The Labute approximate surface area is 141 Å². The van der Waals surface area contributed by atoms with Crippen molar-refractivity contribution in [3.63, 3.8) is 0 Å². The van der Waals surface area contributed by atoms with Gasteiger partial charge in [-0.15, -0.1) is 0 Å². The van der Waals surface area contributed by atoms with Gasteiger partial charge in [0.1, 0.15) is 6.23 Å². The van der Waals surface area contributed by atoms with E-state index >= 15 is 0 Å². The van der Waals surface area contributed by atoms with Crippen LogP contribution in [0.4, 0.5) is 0 Å². The second-order valence-corrected chi connectivity index (χ2v) is 7.55. The van der Waals surface area contributed by atoms with Gasteiger partial charge in [-0.1, -0.05) is 60.2 Å². The first-order chi connectivity index (χ1) is 11.4. The summed E-state index contributed by atoms with van der Waals surface area (Å²) in [6.07, 6.45) is -0.979. The minimum absolute atomic E-state index is 0.144. The largest absolute Gasteiger partial charge is 0.377 e. The zero-order valence-electron chi connectivity index (χ0n) is 13.3. The lowest BCUT2D eigenvalue weighted by molar-refractivity contribution is 0.164. The Bertz CT molecular complexity index is 950. The molecule has 4 nitrogen and oxygen atoms in total. The van der Waals surface area contributed by atoms with Gasteiger partial charge in [-0.2, -0.15) is 4.72 Å². The van der Waals surface area contributed by atoms with E-state index in [0.717, 1.165) is 21.9 Å². The van der Waals surface area contributed by atoms with E-state index in [1.807, 2.05) is 49.4 Å². The predicted octanol–water partition coefficient (Wildman–Crippen LogP) is 2.99. The van der Waals surface area contributed by atoms with Gasteiger partial charge in [-0.3, -0.25) is 0 Å². The lowest BCUT2D eigenvalue weighted by Gasteiger charge is -2.14. The maximum Gasteiger partial charge on any atom is 0.242 e. The molecule has 1 unspecified atom stereocenters. The van der Waals surface area contributed by atoms with Gasteiger partial charge in [0.25, 0.3) is 0 Å². The van der Waals surface area contributed by atoms with Crippen LogP contribution in [-0.4, -0.2) is 19.8 Å². The molecular weight excluding hydrogens is 322 g/mol. The number of aryl methyl sites for hydroxylation is 1. The van der Waals surface area contributed by atoms with E-state index in [1.54, 1.807) is 12.1 Å². The molecule has 0 saturated heterocycles. The van der Waals surface area contributed by atoms with E-state index in [9.17, 15) is 13.5 Å². The third-order valence-corrected chi connectivity index (χ3v) is 5.34. The minimum atomic E-state index is -3.74. The normalized spacial score (nSPS) is 13.1. The van der Waals surface area contributed by atoms with Crippen LogP contribution in [0.15, 0.2) is 71.6 Å². The molecule has 3 aromatic rings. The molecule has 0 aliphatic carbocycles. The van der Waals surface area contributed by atoms with Crippen molar-refractivity contribution in [3.05, 3.63) is 77.9 Å². The molecule has 5 heteroatoms. The van der Waals surface area contributed by atoms with E-state index < -0.39 is 16.3 Å². The van der Waals surface area contributed by atoms with E-state index in [1.165, 1.54) is 12.1 Å². The van der Waals surface area contributed by atoms with Crippen LogP contribution in [0, 0.1) is 6.92 Å². The second kappa shape index (κ2) is 6.73. The average molecular weight is 341 g/mol. The standard InChI is InChI=1S/C19H19NO3S/c1-14-6-10-18(11-7-14)24(22,23)20-19(21)13-15-8-9-16-4-2-3-5-17(16)12-15/h2-12,19-21H,13H2,1H3. The smallest absolute Gasteiger partial charge is 0.242 e. The maximum atomic E-state index is 12.3. The summed E-state index contributed by atoms with van der Waals surface area (Å²) in [5, 5.41) is 12.3. The topological polar surface area (TPSA) is 66.4 Å². The molecule has 0 saturated carbocycles. The highest BCUT2D eigenvalue weighted by Crippen LogP contribution is 2.17. The summed E-state index contributed by atoms with van der Waals surface area (Å²) in [4.78, 5) is 0.144. The zero-order chi connectivity index (χ0) is 17.2. The Kier molecular flexibility index (Phi) is 4.66. The van der Waals surface area contributed by atoms with Crippen molar-refractivity contribution in [3.8, 4) is 0 Å². The molecule has 3 rings (SSSR count). The Morgan fingerprint density at radius 2 is 1.62 bits per heavy atom. The summed E-state index contributed by atoms with van der Waals surface area (Å²) < 4.78 is 26.9. The fraction of sp³-hybridized carbons (Fsp3) is 0.158. The number of fused-ring (bicyclic) bond motifs is 1. The van der Waals surface area contributed by atoms with Gasteiger partial charge in [-0.25, -0.2) is 8.42 Å². The summed E-state index contributed by atoms with van der Waals surface area (Å²) in [6.45, 7) is 1.89. The third kappa shape index (κ3) is 3.82. The van der Waals surface area contributed by atoms with Gasteiger partial charge < -0.3 is 5.11 Å². The first-order valence-electron chi connectivity index (χ1n) is 7.69. The lowest BCUT2D eigenvalue weighted by Crippen LogP contribution is -2.36. The van der Waals surface area contributed by atoms with Gasteiger partial charge in [0.2, 0.25) is 10.0 Å². The molecule has 3 aromatic carbocycles. The Hall–Kier alpha value is -2.21. The van der Waals surface area contributed by atoms with Gasteiger partial charge in [0, 0.05) is 6.42 Å². The van der Waals surface area contributed by atoms with E-state index in [4.69, 9.17) is 0 Å². The zero-order valence-corrected chi connectivity index (χ0v) is 14.1. The van der Waals surface area contributed by atoms with Crippen molar-refractivity contribution in [1.82, 2.24) is 4.72 Å². The van der Waals surface area contributed by atoms with Gasteiger partial charge in [-0.05, 0) is 35.4 Å². The molecule has 0 bridgehead atoms. The van der Waals surface area contributed by atoms with Crippen molar-refractivity contribution < 1.29 is 13.5 Å². The Balaban J connectivity index is 1.74. The monoisotopic (exact) mass is 341 g/mol. The molecular formula is C19H19NO3S. The first kappa shape index (κ1) is 16.6. The van der Waals surface area contributed by atoms with Gasteiger partial charge in [0.05, 0.1) is 4.90 Å². The number of sulfonamides is 1. The molecule has 1 atom stereocenters. The van der Waals surface area contributed by atoms with Crippen LogP contribution < -0.4 is 4.72 Å². The highest BCUT2D eigenvalue weighted by Gasteiger charge is 2.18. The van der Waals surface area contributed by atoms with E-state index in [2.05, 4.69) is 4.72 Å². The summed E-state index contributed by atoms with van der Waals surface area (Å²) in [5.74, 6) is 0. The molecule has 124 valence electrons. The van der Waals surface area contributed by atoms with Gasteiger partial charge in [0.15, 0.2) is 0 Å². The molecule has 0 amide bonds. The molecule has 0 spiro atoms. The van der Waals surface area contributed by atoms with Crippen LogP contribution in [0.5, 0.6) is 0 Å². The Morgan fingerprint density at radius 1 is 0.958 bits per heavy atom. The summed E-state index contributed by atoms with van der Waals surface area (Å²) in [6, 6.07) is 20.2. The highest BCUT2D eigenvalue weighted by molar-refractivity contribution is 7.89. The summed E-state index contributed by atoms with van der Waals surface area (Å²) in [7, 11) is -3.74. The lowest BCUT2D eigenvalue weighted by atomic mass is 10.0. The fourth-order valence-electron chi connectivity index (χ4n) is 2.60. The minimum Gasteiger partial charge on any atom is -0.377 e. The number of rotatable bonds is 5. The number of aliphatic hydroxyl groups is 1. The summed E-state index contributed by atoms with van der Waals surface area (Å²) >= 11 is 0. The highest BCUT2D eigenvalue weighted by atomic mass is 32.2. The van der Waals surface area contributed by atoms with Crippen molar-refractivity contribution >= 4 is 20.8 Å². The van der Waals surface area contributed by atoms with Crippen LogP contribution >= 0.6 is 0 Å². The van der Waals surface area contributed by atoms with Crippen LogP contribution in [0.2, 0.25) is 0 Å². The molecule has 0 fully saturated rings. The third-order valence-electron chi connectivity index (χ3n) is 3.87. The number of aliphatic hydroxyl groups excluding tert-OH is 1. The molecule has 2 N–H and O–H groups in total. The predicted molar refractivity (Wildman–Crippen MR) is 95.2 cm³/mol.